The Hall–Kier alpha value is -2.68. The number of amides is 2. The summed E-state index contributed by atoms with van der Waals surface area (Å²) in [6, 6.07) is 1.80. The molecule has 26 heavy (non-hydrogen) atoms. The van der Waals surface area contributed by atoms with E-state index >= 15 is 0 Å². The summed E-state index contributed by atoms with van der Waals surface area (Å²) in [7, 11) is 4.99. The topological polar surface area (TPSA) is 78.9 Å². The molecule has 0 saturated heterocycles. The van der Waals surface area contributed by atoms with Crippen molar-refractivity contribution in [2.75, 3.05) is 44.1 Å². The third-order valence-corrected chi connectivity index (χ3v) is 6.10. The average molecular weight is 373 g/mol. The molecule has 8 nitrogen and oxygen atoms in total. The summed E-state index contributed by atoms with van der Waals surface area (Å²) < 4.78 is 5.18. The molecule has 0 atom stereocenters. The van der Waals surface area contributed by atoms with Gasteiger partial charge in [0.25, 0.3) is 5.91 Å². The van der Waals surface area contributed by atoms with Gasteiger partial charge in [-0.3, -0.25) is 9.59 Å². The molecule has 2 amide bonds. The van der Waals surface area contributed by atoms with Crippen molar-refractivity contribution in [2.45, 2.75) is 13.0 Å². The third kappa shape index (κ3) is 2.59. The van der Waals surface area contributed by atoms with Gasteiger partial charge in [-0.1, -0.05) is 0 Å². The molecule has 0 spiro atoms. The highest BCUT2D eigenvalue weighted by molar-refractivity contribution is 7.17. The van der Waals surface area contributed by atoms with E-state index in [-0.39, 0.29) is 18.4 Å². The number of likely N-dealkylation sites (N-methyl/N-ethyl adjacent to an activating group) is 2. The molecular weight excluding hydrogens is 354 g/mol. The van der Waals surface area contributed by atoms with Crippen molar-refractivity contribution in [3.05, 3.63) is 28.4 Å². The minimum absolute atomic E-state index is 0.0735. The molecule has 0 bridgehead atoms. The molecule has 0 saturated carbocycles. The quantitative estimate of drug-likeness (QED) is 0.786. The zero-order chi connectivity index (χ0) is 18.4. The summed E-state index contributed by atoms with van der Waals surface area (Å²) >= 11 is 1.52. The van der Waals surface area contributed by atoms with E-state index in [1.165, 1.54) is 22.6 Å². The molecule has 2 aromatic heterocycles. The largest absolute Gasteiger partial charge is 0.481 e. The lowest BCUT2D eigenvalue weighted by Crippen LogP contribution is -2.36. The molecule has 0 unspecified atom stereocenters. The molecular formula is C17H19N5O3S. The van der Waals surface area contributed by atoms with E-state index in [9.17, 15) is 9.59 Å². The zero-order valence-corrected chi connectivity index (χ0v) is 15.7. The van der Waals surface area contributed by atoms with Crippen LogP contribution in [0.25, 0.3) is 0 Å². The van der Waals surface area contributed by atoms with Crippen molar-refractivity contribution in [2.24, 2.45) is 0 Å². The van der Waals surface area contributed by atoms with Crippen molar-refractivity contribution in [1.29, 1.82) is 0 Å². The summed E-state index contributed by atoms with van der Waals surface area (Å²) in [6.07, 6.45) is 2.22. The fraction of sp³-hybridized carbons (Fsp3) is 0.412. The summed E-state index contributed by atoms with van der Waals surface area (Å²) in [5.41, 5.74) is 1.74. The average Bonchev–Trinajstić information content (AvgIpc) is 3.01. The lowest BCUT2D eigenvalue weighted by molar-refractivity contribution is -0.118. The predicted molar refractivity (Wildman–Crippen MR) is 98.0 cm³/mol. The van der Waals surface area contributed by atoms with Gasteiger partial charge in [0.1, 0.15) is 23.7 Å². The fourth-order valence-electron chi connectivity index (χ4n) is 3.34. The number of carbonyl (C=O) groups excluding carboxylic acids is 2. The SMILES string of the molecule is COc1cc(N2CCc3c(sc4c3C(=O)N(C)CC(=O)N4C)C2)ncn1. The maximum absolute atomic E-state index is 12.8. The van der Waals surface area contributed by atoms with E-state index in [1.807, 2.05) is 0 Å². The van der Waals surface area contributed by atoms with Crippen LogP contribution in [0.2, 0.25) is 0 Å². The van der Waals surface area contributed by atoms with Gasteiger partial charge in [0.05, 0.1) is 19.2 Å². The van der Waals surface area contributed by atoms with E-state index in [0.29, 0.717) is 18.0 Å². The molecule has 4 heterocycles. The van der Waals surface area contributed by atoms with Gasteiger partial charge in [-0.05, 0) is 12.0 Å². The first-order valence-corrected chi connectivity index (χ1v) is 9.08. The number of anilines is 2. The van der Waals surface area contributed by atoms with Gasteiger partial charge in [0.15, 0.2) is 0 Å². The van der Waals surface area contributed by atoms with Crippen LogP contribution in [-0.4, -0.2) is 61.0 Å². The highest BCUT2D eigenvalue weighted by atomic mass is 32.1. The molecule has 136 valence electrons. The standard InChI is InChI=1S/C17H19N5O3S/c1-20-8-14(23)21(2)17-15(16(20)24)10-4-5-22(7-11(10)26-17)12-6-13(25-3)19-9-18-12/h6,9H,4-5,7-8H2,1-3H3. The number of fused-ring (bicyclic) bond motifs is 3. The number of rotatable bonds is 2. The van der Waals surface area contributed by atoms with Crippen LogP contribution in [0.15, 0.2) is 12.4 Å². The Kier molecular flexibility index (Phi) is 4.03. The summed E-state index contributed by atoms with van der Waals surface area (Å²) in [5.74, 6) is 1.16. The van der Waals surface area contributed by atoms with E-state index < -0.39 is 0 Å². The van der Waals surface area contributed by atoms with E-state index in [1.54, 1.807) is 32.2 Å². The number of hydrogen-bond donors (Lipinski definition) is 0. The van der Waals surface area contributed by atoms with Crippen molar-refractivity contribution >= 4 is 34.0 Å². The summed E-state index contributed by atoms with van der Waals surface area (Å²) in [5, 5.41) is 0.747. The van der Waals surface area contributed by atoms with Gasteiger partial charge in [-0.2, -0.15) is 0 Å². The van der Waals surface area contributed by atoms with Crippen molar-refractivity contribution in [3.63, 3.8) is 0 Å². The molecule has 0 aromatic carbocycles. The van der Waals surface area contributed by atoms with Crippen LogP contribution in [0.5, 0.6) is 5.88 Å². The van der Waals surface area contributed by atoms with Gasteiger partial charge in [-0.25, -0.2) is 9.97 Å². The number of hydrogen-bond acceptors (Lipinski definition) is 7. The first-order chi connectivity index (χ1) is 12.5. The Morgan fingerprint density at radius 2 is 2.00 bits per heavy atom. The Morgan fingerprint density at radius 3 is 2.77 bits per heavy atom. The lowest BCUT2D eigenvalue weighted by atomic mass is 10.0. The van der Waals surface area contributed by atoms with Crippen LogP contribution < -0.4 is 14.5 Å². The van der Waals surface area contributed by atoms with Gasteiger partial charge in [-0.15, -0.1) is 11.3 Å². The van der Waals surface area contributed by atoms with Gasteiger partial charge < -0.3 is 19.4 Å². The molecule has 0 aliphatic carbocycles. The zero-order valence-electron chi connectivity index (χ0n) is 14.9. The van der Waals surface area contributed by atoms with Gasteiger partial charge >= 0.3 is 0 Å². The first-order valence-electron chi connectivity index (χ1n) is 8.27. The Bertz CT molecular complexity index is 897. The van der Waals surface area contributed by atoms with E-state index in [0.717, 1.165) is 34.2 Å². The second-order valence-electron chi connectivity index (χ2n) is 6.39. The van der Waals surface area contributed by atoms with Gasteiger partial charge in [0, 0.05) is 31.6 Å². The van der Waals surface area contributed by atoms with Crippen molar-refractivity contribution in [1.82, 2.24) is 14.9 Å². The number of ether oxygens (including phenoxy) is 1. The normalized spacial score (nSPS) is 17.1. The molecule has 4 rings (SSSR count). The number of thiophene rings is 1. The number of aromatic nitrogens is 2. The monoisotopic (exact) mass is 373 g/mol. The minimum atomic E-state index is -0.0765. The van der Waals surface area contributed by atoms with Crippen LogP contribution >= 0.6 is 11.3 Å². The molecule has 2 aliphatic heterocycles. The Morgan fingerprint density at radius 1 is 1.19 bits per heavy atom. The molecule has 9 heteroatoms. The van der Waals surface area contributed by atoms with Crippen LogP contribution in [0.1, 0.15) is 20.8 Å². The summed E-state index contributed by atoms with van der Waals surface area (Å²) in [4.78, 5) is 39.8. The maximum atomic E-state index is 12.8. The van der Waals surface area contributed by atoms with E-state index in [4.69, 9.17) is 4.74 Å². The first kappa shape index (κ1) is 16.8. The number of nitrogens with zero attached hydrogens (tertiary/aromatic N) is 5. The van der Waals surface area contributed by atoms with Crippen molar-refractivity contribution in [3.8, 4) is 5.88 Å². The third-order valence-electron chi connectivity index (χ3n) is 4.81. The second kappa shape index (κ2) is 6.24. The lowest BCUT2D eigenvalue weighted by Gasteiger charge is -2.28. The minimum Gasteiger partial charge on any atom is -0.481 e. The van der Waals surface area contributed by atoms with Gasteiger partial charge in [0.2, 0.25) is 11.8 Å². The number of carbonyl (C=O) groups is 2. The summed E-state index contributed by atoms with van der Waals surface area (Å²) in [6.45, 7) is 1.50. The van der Waals surface area contributed by atoms with Crippen molar-refractivity contribution < 1.29 is 14.3 Å². The van der Waals surface area contributed by atoms with Crippen LogP contribution in [0.3, 0.4) is 0 Å². The smallest absolute Gasteiger partial charge is 0.257 e. The predicted octanol–water partition coefficient (Wildman–Crippen LogP) is 1.16. The Labute approximate surface area is 155 Å². The Balaban J connectivity index is 1.71. The molecule has 0 N–H and O–H groups in total. The van der Waals surface area contributed by atoms with Crippen LogP contribution in [0, 0.1) is 0 Å². The maximum Gasteiger partial charge on any atom is 0.257 e. The molecule has 2 aliphatic rings. The molecule has 0 radical (unpaired) electrons. The van der Waals surface area contributed by atoms with Crippen LogP contribution in [0.4, 0.5) is 10.8 Å². The molecule has 0 fully saturated rings. The second-order valence-corrected chi connectivity index (χ2v) is 7.47. The van der Waals surface area contributed by atoms with Crippen LogP contribution in [-0.2, 0) is 17.8 Å². The highest BCUT2D eigenvalue weighted by Gasteiger charge is 2.35. The van der Waals surface area contributed by atoms with E-state index in [2.05, 4.69) is 14.9 Å². The fourth-order valence-corrected chi connectivity index (χ4v) is 4.67. The highest BCUT2D eigenvalue weighted by Crippen LogP contribution is 2.41. The molecule has 2 aromatic rings. The number of methoxy groups -OCH3 is 1.